The van der Waals surface area contributed by atoms with Crippen molar-refractivity contribution in [3.8, 4) is 5.75 Å². The van der Waals surface area contributed by atoms with Gasteiger partial charge in [0, 0.05) is 12.5 Å². The number of carbonyl (C=O) groups is 1. The highest BCUT2D eigenvalue weighted by Crippen LogP contribution is 2.47. The van der Waals surface area contributed by atoms with E-state index in [0.717, 1.165) is 18.7 Å². The van der Waals surface area contributed by atoms with E-state index in [9.17, 15) is 4.79 Å². The van der Waals surface area contributed by atoms with E-state index in [-0.39, 0.29) is 30.0 Å². The number of nitrogens with zero attached hydrogens (tertiary/aromatic N) is 1. The minimum atomic E-state index is -0.196. The number of hydrogen-bond donors (Lipinski definition) is 2. The van der Waals surface area contributed by atoms with Crippen molar-refractivity contribution in [2.75, 3.05) is 13.7 Å². The van der Waals surface area contributed by atoms with E-state index in [4.69, 9.17) is 4.74 Å². The number of fused-ring (bicyclic) bond motifs is 1. The van der Waals surface area contributed by atoms with Crippen LogP contribution in [0.25, 0.3) is 0 Å². The number of nitrogens with one attached hydrogen (secondary N) is 2. The van der Waals surface area contributed by atoms with Gasteiger partial charge >= 0.3 is 0 Å². The molecule has 0 aliphatic carbocycles. The van der Waals surface area contributed by atoms with Gasteiger partial charge in [0.1, 0.15) is 11.8 Å². The van der Waals surface area contributed by atoms with E-state index in [1.54, 1.807) is 7.11 Å². The van der Waals surface area contributed by atoms with Crippen LogP contribution in [0.3, 0.4) is 0 Å². The second-order valence-corrected chi connectivity index (χ2v) is 8.04. The van der Waals surface area contributed by atoms with E-state index >= 15 is 0 Å². The van der Waals surface area contributed by atoms with E-state index in [2.05, 4.69) is 59.1 Å². The van der Waals surface area contributed by atoms with Crippen LogP contribution in [0.1, 0.15) is 55.8 Å². The van der Waals surface area contributed by atoms with Gasteiger partial charge in [0.2, 0.25) is 5.91 Å². The Balaban J connectivity index is 1.63. The lowest BCUT2D eigenvalue weighted by molar-refractivity contribution is -0.130. The molecule has 4 unspecified atom stereocenters. The number of carbonyl (C=O) groups excluding carboxylic acids is 1. The first kappa shape index (κ1) is 19.9. The number of amides is 1. The first-order chi connectivity index (χ1) is 14.2. The number of benzene rings is 2. The molecule has 2 aromatic rings. The summed E-state index contributed by atoms with van der Waals surface area (Å²) in [6, 6.07) is 18.6. The third kappa shape index (κ3) is 3.89. The highest BCUT2D eigenvalue weighted by molar-refractivity contribution is 5.86. The Hall–Kier alpha value is -2.37. The van der Waals surface area contributed by atoms with Crippen molar-refractivity contribution in [1.29, 1.82) is 0 Å². The normalized spacial score (nSPS) is 26.0. The van der Waals surface area contributed by atoms with Crippen LogP contribution in [-0.2, 0) is 4.79 Å². The summed E-state index contributed by atoms with van der Waals surface area (Å²) in [5.41, 5.74) is 9.09. The lowest BCUT2D eigenvalue weighted by atomic mass is 9.83. The van der Waals surface area contributed by atoms with Crippen LogP contribution in [0.4, 0.5) is 0 Å². The number of rotatable bonds is 8. The topological polar surface area (TPSA) is 53.6 Å². The van der Waals surface area contributed by atoms with E-state index in [1.807, 2.05) is 18.2 Å². The zero-order chi connectivity index (χ0) is 20.2. The smallest absolute Gasteiger partial charge is 0.242 e. The van der Waals surface area contributed by atoms with Gasteiger partial charge in [0.05, 0.1) is 19.2 Å². The van der Waals surface area contributed by atoms with Crippen molar-refractivity contribution in [1.82, 2.24) is 15.8 Å². The largest absolute Gasteiger partial charge is 0.497 e. The van der Waals surface area contributed by atoms with Crippen LogP contribution in [0.2, 0.25) is 0 Å². The molecule has 29 heavy (non-hydrogen) atoms. The molecule has 0 bridgehead atoms. The Morgan fingerprint density at radius 2 is 1.62 bits per heavy atom. The first-order valence-corrected chi connectivity index (χ1v) is 10.7. The summed E-state index contributed by atoms with van der Waals surface area (Å²) in [7, 11) is 1.68. The van der Waals surface area contributed by atoms with Crippen LogP contribution in [0.15, 0.2) is 54.6 Å². The monoisotopic (exact) mass is 393 g/mol. The standard InChI is InChI=1S/C24H31N3O2/c1-3-4-5-9-16-27-23(18-10-7-6-8-11-18)20-21(25-26-22(20)24(27)28)17-12-14-19(29-2)15-13-17/h6-8,10-15,20-23,25-26H,3-5,9,16H2,1-2H3. The fourth-order valence-corrected chi connectivity index (χ4v) is 4.81. The number of methoxy groups -OCH3 is 1. The highest BCUT2D eigenvalue weighted by Gasteiger charge is 2.55. The average Bonchev–Trinajstić information content (AvgIpc) is 3.31. The van der Waals surface area contributed by atoms with Crippen LogP contribution in [0, 0.1) is 5.92 Å². The molecule has 0 radical (unpaired) electrons. The Bertz CT molecular complexity index is 809. The summed E-state index contributed by atoms with van der Waals surface area (Å²) < 4.78 is 5.31. The van der Waals surface area contributed by atoms with Gasteiger partial charge in [-0.1, -0.05) is 68.7 Å². The van der Waals surface area contributed by atoms with Gasteiger partial charge in [-0.2, -0.15) is 0 Å². The second-order valence-electron chi connectivity index (χ2n) is 8.04. The Kier molecular flexibility index (Phi) is 6.16. The van der Waals surface area contributed by atoms with Crippen molar-refractivity contribution < 1.29 is 9.53 Å². The fourth-order valence-electron chi connectivity index (χ4n) is 4.81. The molecule has 4 atom stereocenters. The SMILES string of the molecule is CCCCCCN1C(=O)C2NNC(c3ccc(OC)cc3)C2C1c1ccccc1. The number of likely N-dealkylation sites (tertiary alicyclic amines) is 1. The molecule has 2 aliphatic rings. The van der Waals surface area contributed by atoms with Crippen molar-refractivity contribution in [3.63, 3.8) is 0 Å². The summed E-state index contributed by atoms with van der Waals surface area (Å²) in [6.45, 7) is 3.04. The zero-order valence-electron chi connectivity index (χ0n) is 17.3. The molecule has 2 saturated heterocycles. The molecule has 2 N–H and O–H groups in total. The summed E-state index contributed by atoms with van der Waals surface area (Å²) in [6.07, 6.45) is 4.65. The van der Waals surface area contributed by atoms with Gasteiger partial charge < -0.3 is 9.64 Å². The van der Waals surface area contributed by atoms with Crippen LogP contribution in [0.5, 0.6) is 5.75 Å². The molecular formula is C24H31N3O2. The van der Waals surface area contributed by atoms with Crippen LogP contribution >= 0.6 is 0 Å². The molecular weight excluding hydrogens is 362 g/mol. The predicted molar refractivity (Wildman–Crippen MR) is 114 cm³/mol. The maximum absolute atomic E-state index is 13.3. The molecule has 154 valence electrons. The predicted octanol–water partition coefficient (Wildman–Crippen LogP) is 3.99. The summed E-state index contributed by atoms with van der Waals surface area (Å²) in [4.78, 5) is 15.4. The van der Waals surface area contributed by atoms with Crippen LogP contribution < -0.4 is 15.6 Å². The van der Waals surface area contributed by atoms with Crippen molar-refractivity contribution in [3.05, 3.63) is 65.7 Å². The third-order valence-electron chi connectivity index (χ3n) is 6.28. The van der Waals surface area contributed by atoms with E-state index in [1.165, 1.54) is 30.4 Å². The lowest BCUT2D eigenvalue weighted by Crippen LogP contribution is -2.41. The van der Waals surface area contributed by atoms with E-state index in [0.29, 0.717) is 0 Å². The summed E-state index contributed by atoms with van der Waals surface area (Å²) >= 11 is 0. The minimum Gasteiger partial charge on any atom is -0.497 e. The molecule has 2 aromatic carbocycles. The molecule has 1 amide bonds. The van der Waals surface area contributed by atoms with Gasteiger partial charge in [-0.05, 0) is 29.7 Å². The van der Waals surface area contributed by atoms with Gasteiger partial charge in [0.15, 0.2) is 0 Å². The van der Waals surface area contributed by atoms with Gasteiger partial charge in [-0.25, -0.2) is 10.9 Å². The fraction of sp³-hybridized carbons (Fsp3) is 0.458. The molecule has 0 aromatic heterocycles. The Morgan fingerprint density at radius 1 is 0.897 bits per heavy atom. The van der Waals surface area contributed by atoms with E-state index < -0.39 is 0 Å². The minimum absolute atomic E-state index is 0.0701. The molecule has 0 saturated carbocycles. The molecule has 4 rings (SSSR count). The molecule has 2 fully saturated rings. The number of hydrazine groups is 1. The van der Waals surface area contributed by atoms with Gasteiger partial charge in [-0.3, -0.25) is 4.79 Å². The average molecular weight is 394 g/mol. The van der Waals surface area contributed by atoms with Gasteiger partial charge in [0.25, 0.3) is 0 Å². The Morgan fingerprint density at radius 3 is 2.31 bits per heavy atom. The molecule has 2 heterocycles. The first-order valence-electron chi connectivity index (χ1n) is 10.7. The Labute approximate surface area is 173 Å². The summed E-state index contributed by atoms with van der Waals surface area (Å²) in [5, 5.41) is 0. The summed E-state index contributed by atoms with van der Waals surface area (Å²) in [5.74, 6) is 1.20. The number of hydrogen-bond acceptors (Lipinski definition) is 4. The van der Waals surface area contributed by atoms with Crippen molar-refractivity contribution >= 4 is 5.91 Å². The quantitative estimate of drug-likeness (QED) is 0.666. The zero-order valence-corrected chi connectivity index (χ0v) is 17.3. The lowest BCUT2D eigenvalue weighted by Gasteiger charge is -2.31. The maximum atomic E-state index is 13.3. The van der Waals surface area contributed by atoms with Gasteiger partial charge in [-0.15, -0.1) is 0 Å². The maximum Gasteiger partial charge on any atom is 0.242 e. The van der Waals surface area contributed by atoms with Crippen molar-refractivity contribution in [2.24, 2.45) is 5.92 Å². The van der Waals surface area contributed by atoms with Crippen LogP contribution in [-0.4, -0.2) is 30.5 Å². The third-order valence-corrected chi connectivity index (χ3v) is 6.28. The number of ether oxygens (including phenoxy) is 1. The van der Waals surface area contributed by atoms with Crippen molar-refractivity contribution in [2.45, 2.75) is 50.7 Å². The molecule has 5 nitrogen and oxygen atoms in total. The number of unbranched alkanes of at least 4 members (excludes halogenated alkanes) is 3. The molecule has 2 aliphatic heterocycles. The highest BCUT2D eigenvalue weighted by atomic mass is 16.5. The second kappa shape index (κ2) is 8.97. The molecule has 5 heteroatoms. The molecule has 0 spiro atoms.